The molecular weight excluding hydrogens is 226 g/mol. The molecule has 1 aliphatic carbocycles. The monoisotopic (exact) mass is 242 g/mol. The van der Waals surface area contributed by atoms with Crippen molar-refractivity contribution in [2.45, 2.75) is 37.5 Å². The van der Waals surface area contributed by atoms with Gasteiger partial charge in [0, 0.05) is 19.0 Å². The second-order valence-corrected chi connectivity index (χ2v) is 4.12. The van der Waals surface area contributed by atoms with Crippen LogP contribution in [0.15, 0.2) is 28.9 Å². The van der Waals surface area contributed by atoms with E-state index in [0.29, 0.717) is 12.8 Å². The molecule has 2 rings (SSSR count). The number of hydrogen-bond acceptors (Lipinski definition) is 3. The first kappa shape index (κ1) is 12.2. The Kier molecular flexibility index (Phi) is 3.89. The summed E-state index contributed by atoms with van der Waals surface area (Å²) in [7, 11) is 1.73. The van der Waals surface area contributed by atoms with Crippen molar-refractivity contribution in [1.29, 1.82) is 0 Å². The van der Waals surface area contributed by atoms with E-state index in [9.17, 15) is 8.78 Å². The molecule has 0 saturated carbocycles. The number of allylic oxidation sites excluding steroid dienone is 1. The summed E-state index contributed by atoms with van der Waals surface area (Å²) in [5, 5.41) is 2.86. The Balaban J connectivity index is 1.91. The topological polar surface area (TPSA) is 33.6 Å². The van der Waals surface area contributed by atoms with Gasteiger partial charge in [-0.25, -0.2) is 8.78 Å². The molecule has 0 aromatic carbocycles. The first-order chi connectivity index (χ1) is 8.19. The van der Waals surface area contributed by atoms with Crippen LogP contribution in [0.4, 0.5) is 8.78 Å². The number of nitrogens with one attached hydrogen (secondary N) is 1. The number of hydrogen-bond donors (Lipinski definition) is 1. The molecule has 0 aromatic heterocycles. The van der Waals surface area contributed by atoms with Crippen molar-refractivity contribution in [1.82, 2.24) is 5.32 Å². The minimum Gasteiger partial charge on any atom is -0.388 e. The summed E-state index contributed by atoms with van der Waals surface area (Å²) in [5.74, 6) is 0. The SMILES string of the molecule is CNC1=CC(F)C(OC2CCC(F)C=N2)C=C1. The molecule has 1 heterocycles. The van der Waals surface area contributed by atoms with Gasteiger partial charge in [-0.1, -0.05) is 6.08 Å². The Morgan fingerprint density at radius 3 is 2.82 bits per heavy atom. The smallest absolute Gasteiger partial charge is 0.150 e. The van der Waals surface area contributed by atoms with E-state index in [1.807, 2.05) is 0 Å². The van der Waals surface area contributed by atoms with Crippen molar-refractivity contribution in [3.05, 3.63) is 23.9 Å². The number of aliphatic imine (C=N–C) groups is 1. The van der Waals surface area contributed by atoms with Crippen molar-refractivity contribution < 1.29 is 13.5 Å². The molecule has 0 amide bonds. The minimum atomic E-state index is -1.19. The highest BCUT2D eigenvalue weighted by Crippen LogP contribution is 2.21. The zero-order valence-electron chi connectivity index (χ0n) is 9.64. The highest BCUT2D eigenvalue weighted by atomic mass is 19.1. The predicted molar refractivity (Wildman–Crippen MR) is 62.5 cm³/mol. The van der Waals surface area contributed by atoms with Crippen molar-refractivity contribution in [2.24, 2.45) is 4.99 Å². The molecule has 0 radical (unpaired) electrons. The summed E-state index contributed by atoms with van der Waals surface area (Å²) in [6, 6.07) is 0. The Morgan fingerprint density at radius 1 is 1.41 bits per heavy atom. The van der Waals surface area contributed by atoms with E-state index in [4.69, 9.17) is 4.74 Å². The zero-order valence-corrected chi connectivity index (χ0v) is 9.64. The maximum absolute atomic E-state index is 13.7. The fourth-order valence-electron chi connectivity index (χ4n) is 1.84. The molecule has 1 aliphatic heterocycles. The van der Waals surface area contributed by atoms with E-state index in [-0.39, 0.29) is 0 Å². The molecule has 4 atom stereocenters. The average Bonchev–Trinajstić information content (AvgIpc) is 2.34. The predicted octanol–water partition coefficient (Wildman–Crippen LogP) is 1.91. The highest BCUT2D eigenvalue weighted by molar-refractivity contribution is 5.63. The normalized spacial score (nSPS) is 36.8. The van der Waals surface area contributed by atoms with Crippen LogP contribution in [0, 0.1) is 0 Å². The lowest BCUT2D eigenvalue weighted by atomic mass is 10.1. The van der Waals surface area contributed by atoms with Crippen LogP contribution in [0.25, 0.3) is 0 Å². The van der Waals surface area contributed by atoms with Gasteiger partial charge in [0.25, 0.3) is 0 Å². The van der Waals surface area contributed by atoms with Crippen molar-refractivity contribution in [2.75, 3.05) is 7.05 Å². The maximum atomic E-state index is 13.7. The fraction of sp³-hybridized carbons (Fsp3) is 0.583. The second kappa shape index (κ2) is 5.40. The van der Waals surface area contributed by atoms with Crippen LogP contribution in [-0.2, 0) is 4.74 Å². The Hall–Kier alpha value is -1.23. The van der Waals surface area contributed by atoms with Crippen LogP contribution in [0.3, 0.4) is 0 Å². The molecule has 5 heteroatoms. The van der Waals surface area contributed by atoms with Crippen LogP contribution in [0.2, 0.25) is 0 Å². The summed E-state index contributed by atoms with van der Waals surface area (Å²) < 4.78 is 32.0. The van der Waals surface area contributed by atoms with Gasteiger partial charge in [-0.3, -0.25) is 4.99 Å². The molecule has 0 fully saturated rings. The fourth-order valence-corrected chi connectivity index (χ4v) is 1.84. The van der Waals surface area contributed by atoms with Gasteiger partial charge in [0.2, 0.25) is 0 Å². The lowest BCUT2D eigenvalue weighted by Gasteiger charge is -2.26. The average molecular weight is 242 g/mol. The van der Waals surface area contributed by atoms with Crippen LogP contribution in [0.1, 0.15) is 12.8 Å². The van der Waals surface area contributed by atoms with Gasteiger partial charge in [-0.15, -0.1) is 0 Å². The Morgan fingerprint density at radius 2 is 2.24 bits per heavy atom. The van der Waals surface area contributed by atoms with Gasteiger partial charge in [0.1, 0.15) is 18.5 Å². The lowest BCUT2D eigenvalue weighted by molar-refractivity contribution is -0.0199. The molecule has 1 N–H and O–H groups in total. The minimum absolute atomic E-state index is 0.388. The number of ether oxygens (including phenoxy) is 1. The van der Waals surface area contributed by atoms with Gasteiger partial charge in [-0.2, -0.15) is 0 Å². The lowest BCUT2D eigenvalue weighted by Crippen LogP contribution is -2.32. The van der Waals surface area contributed by atoms with Gasteiger partial charge < -0.3 is 10.1 Å². The van der Waals surface area contributed by atoms with E-state index >= 15 is 0 Å². The molecule has 2 aliphatic rings. The summed E-state index contributed by atoms with van der Waals surface area (Å²) in [5.41, 5.74) is 0.730. The van der Waals surface area contributed by atoms with E-state index in [0.717, 1.165) is 5.70 Å². The number of halogens is 2. The number of likely N-dealkylation sites (N-methyl/N-ethyl adjacent to an activating group) is 1. The number of nitrogens with zero attached hydrogens (tertiary/aromatic N) is 1. The van der Waals surface area contributed by atoms with E-state index in [2.05, 4.69) is 10.3 Å². The molecule has 94 valence electrons. The van der Waals surface area contributed by atoms with Gasteiger partial charge in [0.15, 0.2) is 6.17 Å². The quantitative estimate of drug-likeness (QED) is 0.820. The molecule has 4 unspecified atom stereocenters. The third-order valence-corrected chi connectivity index (χ3v) is 2.82. The first-order valence-corrected chi connectivity index (χ1v) is 5.73. The van der Waals surface area contributed by atoms with Crippen LogP contribution < -0.4 is 5.32 Å². The zero-order chi connectivity index (χ0) is 12.3. The highest BCUT2D eigenvalue weighted by Gasteiger charge is 2.26. The summed E-state index contributed by atoms with van der Waals surface area (Å²) >= 11 is 0. The third-order valence-electron chi connectivity index (χ3n) is 2.82. The largest absolute Gasteiger partial charge is 0.388 e. The summed E-state index contributed by atoms with van der Waals surface area (Å²) in [4.78, 5) is 3.92. The van der Waals surface area contributed by atoms with Gasteiger partial charge >= 0.3 is 0 Å². The van der Waals surface area contributed by atoms with E-state index < -0.39 is 24.7 Å². The number of alkyl halides is 2. The first-order valence-electron chi connectivity index (χ1n) is 5.73. The van der Waals surface area contributed by atoms with Gasteiger partial charge in [0.05, 0.1) is 0 Å². The molecule has 0 bridgehead atoms. The van der Waals surface area contributed by atoms with Crippen molar-refractivity contribution in [3.8, 4) is 0 Å². The molecule has 17 heavy (non-hydrogen) atoms. The Bertz CT molecular complexity index is 354. The summed E-state index contributed by atoms with van der Waals surface area (Å²) in [6.45, 7) is 0. The van der Waals surface area contributed by atoms with Crippen LogP contribution in [-0.4, -0.2) is 37.9 Å². The van der Waals surface area contributed by atoms with Gasteiger partial charge in [-0.05, 0) is 25.0 Å². The molecular formula is C12H16F2N2O. The Labute approximate surface area is 99.3 Å². The maximum Gasteiger partial charge on any atom is 0.150 e. The van der Waals surface area contributed by atoms with Crippen LogP contribution >= 0.6 is 0 Å². The second-order valence-electron chi connectivity index (χ2n) is 4.12. The number of rotatable bonds is 3. The van der Waals surface area contributed by atoms with E-state index in [1.54, 1.807) is 19.2 Å². The standard InChI is InChI=1S/C12H16F2N2O/c1-15-9-3-4-11(10(14)6-9)17-12-5-2-8(13)7-16-12/h3-4,6-8,10-12,15H,2,5H2,1H3. The molecule has 3 nitrogen and oxygen atoms in total. The summed E-state index contributed by atoms with van der Waals surface area (Å²) in [6.07, 6.45) is 3.77. The molecule has 0 spiro atoms. The van der Waals surface area contributed by atoms with Crippen molar-refractivity contribution >= 4 is 6.21 Å². The van der Waals surface area contributed by atoms with Crippen molar-refractivity contribution in [3.63, 3.8) is 0 Å². The molecule has 0 saturated heterocycles. The van der Waals surface area contributed by atoms with Crippen LogP contribution in [0.5, 0.6) is 0 Å². The third kappa shape index (κ3) is 3.12. The van der Waals surface area contributed by atoms with E-state index in [1.165, 1.54) is 12.3 Å². The molecule has 0 aromatic rings.